The summed E-state index contributed by atoms with van der Waals surface area (Å²) in [6.07, 6.45) is 7.36. The molecular weight excluding hydrogens is 384 g/mol. The molecule has 5 heteroatoms. The van der Waals surface area contributed by atoms with Gasteiger partial charge in [0.2, 0.25) is 0 Å². The largest absolute Gasteiger partial charge is 0.494 e. The fourth-order valence-electron chi connectivity index (χ4n) is 4.52. The van der Waals surface area contributed by atoms with Crippen molar-refractivity contribution in [3.8, 4) is 11.4 Å². The highest BCUT2D eigenvalue weighted by Gasteiger charge is 2.20. The number of ether oxygens (including phenoxy) is 1. The highest BCUT2D eigenvalue weighted by atomic mass is 16.5. The molecule has 160 valence electrons. The van der Waals surface area contributed by atoms with Crippen LogP contribution in [0.2, 0.25) is 0 Å². The molecule has 2 aliphatic heterocycles. The minimum Gasteiger partial charge on any atom is -0.494 e. The van der Waals surface area contributed by atoms with Crippen LogP contribution in [0, 0.1) is 0 Å². The average molecular weight is 415 g/mol. The number of rotatable bonds is 7. The highest BCUT2D eigenvalue weighted by molar-refractivity contribution is 5.60. The molecular formula is C26H30N4O. The van der Waals surface area contributed by atoms with Crippen LogP contribution in [0.1, 0.15) is 36.1 Å². The normalized spacial score (nSPS) is 15.8. The van der Waals surface area contributed by atoms with Crippen LogP contribution in [0.3, 0.4) is 0 Å². The molecule has 0 saturated carbocycles. The number of nitrogens with one attached hydrogen (secondary N) is 1. The highest BCUT2D eigenvalue weighted by Crippen LogP contribution is 2.29. The van der Waals surface area contributed by atoms with E-state index >= 15 is 0 Å². The van der Waals surface area contributed by atoms with E-state index in [0.29, 0.717) is 0 Å². The summed E-state index contributed by atoms with van der Waals surface area (Å²) < 4.78 is 8.10. The van der Waals surface area contributed by atoms with E-state index in [1.54, 1.807) is 0 Å². The lowest BCUT2D eigenvalue weighted by Crippen LogP contribution is -2.32. The zero-order valence-electron chi connectivity index (χ0n) is 18.0. The van der Waals surface area contributed by atoms with Crippen molar-refractivity contribution < 1.29 is 4.74 Å². The summed E-state index contributed by atoms with van der Waals surface area (Å²) in [4.78, 5) is 2.54. The second-order valence-corrected chi connectivity index (χ2v) is 8.49. The third-order valence-electron chi connectivity index (χ3n) is 6.24. The summed E-state index contributed by atoms with van der Waals surface area (Å²) in [5.74, 6) is 0.942. The first-order valence-corrected chi connectivity index (χ1v) is 11.3. The van der Waals surface area contributed by atoms with Crippen molar-refractivity contribution >= 4 is 5.69 Å². The molecule has 0 radical (unpaired) electrons. The maximum atomic E-state index is 6.00. The molecule has 1 N–H and O–H groups in total. The van der Waals surface area contributed by atoms with Crippen LogP contribution in [0.25, 0.3) is 5.69 Å². The Labute approximate surface area is 184 Å². The standard InChI is InChI=1S/C26H30N4O/c1-20-9-10-21-11-12-24(17-25(21)28-20)31-16-6-5-14-29-15-13-26-22(19-29)18-27-30(26)23-7-3-2-4-8-23/h2-4,7-8,11-12,17-18,28H,1,5-6,9-10,13-16,19H2. The van der Waals surface area contributed by atoms with Gasteiger partial charge < -0.3 is 10.1 Å². The summed E-state index contributed by atoms with van der Waals surface area (Å²) in [7, 11) is 0. The first-order valence-electron chi connectivity index (χ1n) is 11.3. The molecule has 1 aromatic heterocycles. The molecule has 3 aromatic rings. The van der Waals surface area contributed by atoms with E-state index in [1.165, 1.54) is 16.8 Å². The van der Waals surface area contributed by atoms with Gasteiger partial charge in [-0.2, -0.15) is 5.10 Å². The van der Waals surface area contributed by atoms with Crippen molar-refractivity contribution in [2.45, 2.75) is 38.6 Å². The van der Waals surface area contributed by atoms with Crippen molar-refractivity contribution in [2.24, 2.45) is 0 Å². The van der Waals surface area contributed by atoms with Crippen molar-refractivity contribution in [2.75, 3.05) is 25.0 Å². The van der Waals surface area contributed by atoms with Gasteiger partial charge in [-0.3, -0.25) is 4.90 Å². The monoisotopic (exact) mass is 414 g/mol. The maximum absolute atomic E-state index is 6.00. The summed E-state index contributed by atoms with van der Waals surface area (Å²) in [5.41, 5.74) is 7.44. The van der Waals surface area contributed by atoms with Crippen LogP contribution in [0.5, 0.6) is 5.75 Å². The van der Waals surface area contributed by atoms with Gasteiger partial charge in [-0.15, -0.1) is 0 Å². The Morgan fingerprint density at radius 1 is 1.00 bits per heavy atom. The Hall–Kier alpha value is -3.05. The van der Waals surface area contributed by atoms with Crippen LogP contribution in [-0.2, 0) is 19.4 Å². The number of para-hydroxylation sites is 1. The summed E-state index contributed by atoms with van der Waals surface area (Å²) in [6.45, 7) is 7.98. The number of hydrogen-bond donors (Lipinski definition) is 1. The minimum atomic E-state index is 0.755. The molecule has 0 unspecified atom stereocenters. The van der Waals surface area contributed by atoms with Gasteiger partial charge in [-0.05, 0) is 56.0 Å². The Morgan fingerprint density at radius 3 is 2.81 bits per heavy atom. The minimum absolute atomic E-state index is 0.755. The molecule has 0 amide bonds. The van der Waals surface area contributed by atoms with Gasteiger partial charge in [-0.1, -0.05) is 30.8 Å². The van der Waals surface area contributed by atoms with Crippen molar-refractivity contribution in [3.05, 3.63) is 83.8 Å². The Balaban J connectivity index is 1.08. The number of allylic oxidation sites excluding steroid dienone is 1. The molecule has 2 aliphatic rings. The Bertz CT molecular complexity index is 1060. The zero-order valence-corrected chi connectivity index (χ0v) is 18.0. The Kier molecular flexibility index (Phi) is 5.76. The maximum Gasteiger partial charge on any atom is 0.121 e. The number of nitrogens with zero attached hydrogens (tertiary/aromatic N) is 3. The third-order valence-corrected chi connectivity index (χ3v) is 6.24. The fraction of sp³-hybridized carbons (Fsp3) is 0.346. The number of aromatic nitrogens is 2. The summed E-state index contributed by atoms with van der Waals surface area (Å²) >= 11 is 0. The van der Waals surface area contributed by atoms with Gasteiger partial charge in [-0.25, -0.2) is 4.68 Å². The zero-order chi connectivity index (χ0) is 21.0. The van der Waals surface area contributed by atoms with E-state index < -0.39 is 0 Å². The van der Waals surface area contributed by atoms with E-state index in [-0.39, 0.29) is 0 Å². The predicted molar refractivity (Wildman–Crippen MR) is 125 cm³/mol. The van der Waals surface area contributed by atoms with Crippen LogP contribution in [-0.4, -0.2) is 34.4 Å². The van der Waals surface area contributed by atoms with Gasteiger partial charge in [0.1, 0.15) is 5.75 Å². The van der Waals surface area contributed by atoms with E-state index in [0.717, 1.165) is 81.2 Å². The predicted octanol–water partition coefficient (Wildman–Crippen LogP) is 4.96. The number of hydrogen-bond acceptors (Lipinski definition) is 4. The third kappa shape index (κ3) is 4.52. The van der Waals surface area contributed by atoms with Crippen LogP contribution in [0.4, 0.5) is 5.69 Å². The lowest BCUT2D eigenvalue weighted by atomic mass is 10.0. The fourth-order valence-corrected chi connectivity index (χ4v) is 4.52. The van der Waals surface area contributed by atoms with Crippen molar-refractivity contribution in [1.82, 2.24) is 14.7 Å². The smallest absolute Gasteiger partial charge is 0.121 e. The molecule has 0 spiro atoms. The SMILES string of the molecule is C=C1CCc2ccc(OCCCCN3CCc4c(cnn4-c4ccccc4)C3)cc2N1. The number of anilines is 1. The number of unbranched alkanes of at least 4 members (excludes halogenated alkanes) is 1. The van der Waals surface area contributed by atoms with Gasteiger partial charge in [0, 0.05) is 48.2 Å². The van der Waals surface area contributed by atoms with Crippen molar-refractivity contribution in [3.63, 3.8) is 0 Å². The second kappa shape index (κ2) is 8.98. The first kappa shape index (κ1) is 19.9. The van der Waals surface area contributed by atoms with E-state index in [4.69, 9.17) is 4.74 Å². The number of benzene rings is 2. The molecule has 0 aliphatic carbocycles. The van der Waals surface area contributed by atoms with Crippen LogP contribution in [0.15, 0.2) is 67.0 Å². The molecule has 0 bridgehead atoms. The van der Waals surface area contributed by atoms with E-state index in [1.807, 2.05) is 12.3 Å². The molecule has 3 heterocycles. The molecule has 0 atom stereocenters. The number of fused-ring (bicyclic) bond motifs is 2. The van der Waals surface area contributed by atoms with Gasteiger partial charge in [0.25, 0.3) is 0 Å². The van der Waals surface area contributed by atoms with Gasteiger partial charge in [0.15, 0.2) is 0 Å². The van der Waals surface area contributed by atoms with E-state index in [9.17, 15) is 0 Å². The van der Waals surface area contributed by atoms with Crippen molar-refractivity contribution in [1.29, 1.82) is 0 Å². The molecule has 5 rings (SSSR count). The molecule has 5 nitrogen and oxygen atoms in total. The van der Waals surface area contributed by atoms with Gasteiger partial charge in [0.05, 0.1) is 18.5 Å². The summed E-state index contributed by atoms with van der Waals surface area (Å²) in [6, 6.07) is 16.8. The van der Waals surface area contributed by atoms with Gasteiger partial charge >= 0.3 is 0 Å². The average Bonchev–Trinajstić information content (AvgIpc) is 3.22. The Morgan fingerprint density at radius 2 is 1.90 bits per heavy atom. The topological polar surface area (TPSA) is 42.3 Å². The van der Waals surface area contributed by atoms with Crippen LogP contribution < -0.4 is 10.1 Å². The molecule has 0 fully saturated rings. The quantitative estimate of drug-likeness (QED) is 0.555. The summed E-state index contributed by atoms with van der Waals surface area (Å²) in [5, 5.41) is 8.02. The molecule has 2 aromatic carbocycles. The first-order chi connectivity index (χ1) is 15.3. The molecule has 31 heavy (non-hydrogen) atoms. The lowest BCUT2D eigenvalue weighted by Gasteiger charge is -2.27. The second-order valence-electron chi connectivity index (χ2n) is 8.49. The van der Waals surface area contributed by atoms with E-state index in [2.05, 4.69) is 69.0 Å². The molecule has 0 saturated heterocycles. The number of aryl methyl sites for hydroxylation is 1. The lowest BCUT2D eigenvalue weighted by molar-refractivity contribution is 0.233. The van der Waals surface area contributed by atoms with Crippen LogP contribution >= 0.6 is 0 Å².